The van der Waals surface area contributed by atoms with E-state index in [2.05, 4.69) is 52.0 Å². The van der Waals surface area contributed by atoms with Crippen LogP contribution in [0.15, 0.2) is 48.4 Å². The Morgan fingerprint density at radius 2 is 1.60 bits per heavy atom. The summed E-state index contributed by atoms with van der Waals surface area (Å²) in [6, 6.07) is 15.6. The summed E-state index contributed by atoms with van der Waals surface area (Å²) < 4.78 is 0. The van der Waals surface area contributed by atoms with Gasteiger partial charge in [-0.3, -0.25) is 9.78 Å². The number of aryl methyl sites for hydroxylation is 3. The molecule has 0 saturated heterocycles. The van der Waals surface area contributed by atoms with Crippen LogP contribution in [-0.4, -0.2) is 20.9 Å². The number of carbonyl (C=O) groups excluding carboxylic acids is 1. The second kappa shape index (κ2) is 17.2. The minimum Gasteiger partial charge on any atom is -0.512 e. The van der Waals surface area contributed by atoms with Gasteiger partial charge in [-0.25, -0.2) is 0 Å². The van der Waals surface area contributed by atoms with Crippen molar-refractivity contribution in [3.8, 4) is 28.6 Å². The second-order valence-electron chi connectivity index (χ2n) is 12.0. The number of rotatable bonds is 9. The monoisotopic (exact) mass is 759 g/mol. The summed E-state index contributed by atoms with van der Waals surface area (Å²) in [5.41, 5.74) is 8.53. The van der Waals surface area contributed by atoms with Gasteiger partial charge < -0.3 is 10.1 Å². The van der Waals surface area contributed by atoms with Crippen molar-refractivity contribution in [3.05, 3.63) is 82.4 Å². The number of aliphatic hydroxyl groups excluding tert-OH is 1. The fraction of sp³-hybridized carbons (Fsp3) is 0.459. The van der Waals surface area contributed by atoms with Gasteiger partial charge in [-0.1, -0.05) is 61.5 Å². The number of nitriles is 1. The van der Waals surface area contributed by atoms with Crippen LogP contribution >= 0.6 is 0 Å². The predicted octanol–water partition coefficient (Wildman–Crippen LogP) is 9.57. The molecule has 1 N–H and O–H groups in total. The van der Waals surface area contributed by atoms with Crippen LogP contribution in [0.2, 0.25) is 0 Å². The third-order valence-corrected chi connectivity index (χ3v) is 7.80. The van der Waals surface area contributed by atoms with Gasteiger partial charge >= 0.3 is 0 Å². The van der Waals surface area contributed by atoms with E-state index >= 15 is 0 Å². The molecule has 1 radical (unpaired) electrons. The summed E-state index contributed by atoms with van der Waals surface area (Å²) in [6.45, 7) is 20.7. The first-order chi connectivity index (χ1) is 19.8. The van der Waals surface area contributed by atoms with Crippen molar-refractivity contribution in [1.29, 1.82) is 5.26 Å². The number of aliphatic hydroxyl groups is 1. The molecule has 0 amide bonds. The molecule has 0 aliphatic rings. The summed E-state index contributed by atoms with van der Waals surface area (Å²) in [5.74, 6) is 0.547. The molecule has 1 aromatic heterocycles. The quantitative estimate of drug-likeness (QED) is 0.134. The molecule has 6 heteroatoms. The SMILES string of the molecule is CCC(CC)C(=O)/C=C(\O)C(CC)CC.Cc1[c-]c(-c2ncc(-c3cc(C#N)ccc3C)nc2C)cc(C(C)(C)C)c1.[Ir]. The normalized spacial score (nSPS) is 11.5. The van der Waals surface area contributed by atoms with Gasteiger partial charge in [0.25, 0.3) is 0 Å². The number of carbonyl (C=O) groups is 1. The van der Waals surface area contributed by atoms with Crippen molar-refractivity contribution >= 4 is 5.78 Å². The molecule has 2 aromatic carbocycles. The molecule has 233 valence electrons. The summed E-state index contributed by atoms with van der Waals surface area (Å²) in [5, 5.41) is 18.9. The topological polar surface area (TPSA) is 86.9 Å². The van der Waals surface area contributed by atoms with Crippen LogP contribution in [0, 0.1) is 50.0 Å². The van der Waals surface area contributed by atoms with Gasteiger partial charge in [-0.05, 0) is 62.6 Å². The van der Waals surface area contributed by atoms with Gasteiger partial charge in [0.1, 0.15) is 0 Å². The Morgan fingerprint density at radius 3 is 2.12 bits per heavy atom. The van der Waals surface area contributed by atoms with E-state index in [1.807, 2.05) is 59.7 Å². The molecule has 5 nitrogen and oxygen atoms in total. The average molecular weight is 759 g/mol. The fourth-order valence-corrected chi connectivity index (χ4v) is 4.90. The molecule has 0 aliphatic heterocycles. The third-order valence-electron chi connectivity index (χ3n) is 7.80. The predicted molar refractivity (Wildman–Crippen MR) is 173 cm³/mol. The van der Waals surface area contributed by atoms with Gasteiger partial charge in [0.2, 0.25) is 0 Å². The Morgan fingerprint density at radius 1 is 1.00 bits per heavy atom. The molecule has 43 heavy (non-hydrogen) atoms. The Bertz CT molecular complexity index is 1440. The summed E-state index contributed by atoms with van der Waals surface area (Å²) in [4.78, 5) is 21.2. The molecule has 3 rings (SSSR count). The molecular formula is C37H48IrN3O2-. The number of nitrogens with zero attached hydrogens (tertiary/aromatic N) is 3. The zero-order valence-corrected chi connectivity index (χ0v) is 30.0. The Balaban J connectivity index is 0.000000497. The molecule has 3 aromatic rings. The minimum absolute atomic E-state index is 0. The number of hydrogen-bond acceptors (Lipinski definition) is 5. The van der Waals surface area contributed by atoms with Crippen LogP contribution in [0.1, 0.15) is 102 Å². The summed E-state index contributed by atoms with van der Waals surface area (Å²) >= 11 is 0. The van der Waals surface area contributed by atoms with Gasteiger partial charge in [0.15, 0.2) is 5.78 Å². The first-order valence-electron chi connectivity index (χ1n) is 15.1. The van der Waals surface area contributed by atoms with Crippen LogP contribution in [0.3, 0.4) is 0 Å². The molecule has 0 aliphatic carbocycles. The van der Waals surface area contributed by atoms with Crippen LogP contribution in [0.4, 0.5) is 0 Å². The van der Waals surface area contributed by atoms with E-state index in [0.29, 0.717) is 5.56 Å². The van der Waals surface area contributed by atoms with Crippen molar-refractivity contribution in [1.82, 2.24) is 9.97 Å². The van der Waals surface area contributed by atoms with Crippen LogP contribution < -0.4 is 0 Å². The van der Waals surface area contributed by atoms with Crippen LogP contribution in [-0.2, 0) is 30.3 Å². The summed E-state index contributed by atoms with van der Waals surface area (Å²) in [7, 11) is 0. The van der Waals surface area contributed by atoms with E-state index in [0.717, 1.165) is 65.0 Å². The summed E-state index contributed by atoms with van der Waals surface area (Å²) in [6.07, 6.45) is 6.70. The Kier molecular flexibility index (Phi) is 15.2. The molecule has 0 fully saturated rings. The molecular weight excluding hydrogens is 711 g/mol. The molecule has 1 heterocycles. The van der Waals surface area contributed by atoms with Gasteiger partial charge in [-0.15, -0.1) is 34.9 Å². The third kappa shape index (κ3) is 10.5. The van der Waals surface area contributed by atoms with Crippen LogP contribution in [0.5, 0.6) is 0 Å². The number of ketones is 1. The minimum atomic E-state index is 0. The van der Waals surface area contributed by atoms with E-state index in [9.17, 15) is 15.2 Å². The number of allylic oxidation sites excluding steroid dienone is 2. The van der Waals surface area contributed by atoms with E-state index in [1.54, 1.807) is 6.20 Å². The molecule has 0 bridgehead atoms. The van der Waals surface area contributed by atoms with Gasteiger partial charge in [0, 0.05) is 61.2 Å². The second-order valence-corrected chi connectivity index (χ2v) is 12.0. The number of hydrogen-bond donors (Lipinski definition) is 1. The Hall–Kier alpha value is -3.13. The molecule has 0 spiro atoms. The van der Waals surface area contributed by atoms with E-state index in [4.69, 9.17) is 9.97 Å². The first-order valence-corrected chi connectivity index (χ1v) is 15.1. The van der Waals surface area contributed by atoms with Crippen LogP contribution in [0.25, 0.3) is 22.5 Å². The van der Waals surface area contributed by atoms with Crippen molar-refractivity contribution in [2.45, 2.75) is 100 Å². The van der Waals surface area contributed by atoms with Crippen molar-refractivity contribution in [2.75, 3.05) is 0 Å². The van der Waals surface area contributed by atoms with Crippen molar-refractivity contribution in [3.63, 3.8) is 0 Å². The molecule has 0 atom stereocenters. The van der Waals surface area contributed by atoms with Gasteiger partial charge in [0.05, 0.1) is 23.1 Å². The maximum Gasteiger partial charge on any atom is 0.162 e. The van der Waals surface area contributed by atoms with Crippen molar-refractivity contribution in [2.24, 2.45) is 11.8 Å². The maximum atomic E-state index is 11.7. The largest absolute Gasteiger partial charge is 0.512 e. The van der Waals surface area contributed by atoms with Gasteiger partial charge in [-0.2, -0.15) is 5.26 Å². The van der Waals surface area contributed by atoms with E-state index in [-0.39, 0.29) is 48.9 Å². The van der Waals surface area contributed by atoms with E-state index < -0.39 is 0 Å². The molecule has 0 saturated carbocycles. The smallest absolute Gasteiger partial charge is 0.162 e. The number of benzene rings is 2. The first kappa shape index (κ1) is 37.9. The molecule has 0 unspecified atom stereocenters. The number of aromatic nitrogens is 2. The Labute approximate surface area is 273 Å². The zero-order chi connectivity index (χ0) is 31.6. The average Bonchev–Trinajstić information content (AvgIpc) is 2.94. The standard InChI is InChI=1S/C24H24N3.C13H24O2.Ir/c1-15-9-19(12-20(10-15)24(4,5)6)23-17(3)27-22(14-26-23)21-11-18(13-25)8-7-16(21)2;1-5-10(6-2)12(14)9-13(15)11(7-3)8-4;/h7-8,10-12,14H,1-6H3;9-11,14H,5-8H2,1-4H3;/q-1;;/b;12-9-;. The van der Waals surface area contributed by atoms with Crippen molar-refractivity contribution < 1.29 is 30.0 Å². The zero-order valence-electron chi connectivity index (χ0n) is 27.6. The maximum absolute atomic E-state index is 11.7. The van der Waals surface area contributed by atoms with E-state index in [1.165, 1.54) is 11.6 Å². The fourth-order valence-electron chi connectivity index (χ4n) is 4.90.